The number of anilines is 1. The van der Waals surface area contributed by atoms with E-state index >= 15 is 0 Å². The van der Waals surface area contributed by atoms with Crippen molar-refractivity contribution in [3.63, 3.8) is 0 Å². The lowest BCUT2D eigenvalue weighted by Gasteiger charge is -2.12. The maximum atomic E-state index is 12.7. The van der Waals surface area contributed by atoms with Crippen LogP contribution in [0.3, 0.4) is 0 Å². The molecule has 0 aliphatic heterocycles. The van der Waals surface area contributed by atoms with Crippen LogP contribution < -0.4 is 5.32 Å². The Kier molecular flexibility index (Phi) is 4.17. The largest absolute Gasteiger partial charge is 0.416 e. The summed E-state index contributed by atoms with van der Waals surface area (Å²) in [6.07, 6.45) is -4.40. The van der Waals surface area contributed by atoms with E-state index < -0.39 is 16.7 Å². The Morgan fingerprint density at radius 3 is 2.62 bits per heavy atom. The van der Waals surface area contributed by atoms with Crippen molar-refractivity contribution in [3.8, 4) is 0 Å². The predicted molar refractivity (Wildman–Crippen MR) is 74.5 cm³/mol. The molecule has 0 fully saturated rings. The summed E-state index contributed by atoms with van der Waals surface area (Å²) in [5.74, 6) is 0. The molecule has 4 nitrogen and oxygen atoms in total. The quantitative estimate of drug-likeness (QED) is 0.662. The van der Waals surface area contributed by atoms with E-state index in [0.29, 0.717) is 16.8 Å². The molecule has 2 rings (SSSR count). The molecule has 0 amide bonds. The third-order valence-corrected chi connectivity index (χ3v) is 3.80. The number of rotatable bonds is 4. The predicted octanol–water partition coefficient (Wildman–Crippen LogP) is 4.60. The van der Waals surface area contributed by atoms with E-state index in [1.54, 1.807) is 12.3 Å². The van der Waals surface area contributed by atoms with Gasteiger partial charge in [-0.15, -0.1) is 0 Å². The first-order valence-electron chi connectivity index (χ1n) is 5.91. The molecule has 2 aromatic rings. The van der Waals surface area contributed by atoms with Crippen LogP contribution >= 0.6 is 11.3 Å². The fourth-order valence-corrected chi connectivity index (χ4v) is 2.47. The number of nitro groups is 1. The second-order valence-electron chi connectivity index (χ2n) is 4.43. The molecule has 0 spiro atoms. The number of nitrogens with zero attached hydrogens (tertiary/aromatic N) is 1. The van der Waals surface area contributed by atoms with Crippen LogP contribution in [-0.4, -0.2) is 4.92 Å². The Bertz CT molecular complexity index is 668. The number of aryl methyl sites for hydroxylation is 1. The van der Waals surface area contributed by atoms with Gasteiger partial charge in [0.25, 0.3) is 0 Å². The van der Waals surface area contributed by atoms with Crippen LogP contribution in [0.15, 0.2) is 29.6 Å². The standard InChI is InChI=1S/C13H11F3N2O2S/c1-8-2-3-10(13(14,15)16)5-11(8)17-6-9-4-12(18(19)20)21-7-9/h2-5,7,17H,6H2,1H3. The van der Waals surface area contributed by atoms with Crippen molar-refractivity contribution in [3.05, 3.63) is 56.5 Å². The fraction of sp³-hybridized carbons (Fsp3) is 0.231. The van der Waals surface area contributed by atoms with Crippen LogP contribution in [0.5, 0.6) is 0 Å². The van der Waals surface area contributed by atoms with Crippen LogP contribution in [0.4, 0.5) is 23.9 Å². The van der Waals surface area contributed by atoms with E-state index in [9.17, 15) is 23.3 Å². The van der Waals surface area contributed by atoms with E-state index in [-0.39, 0.29) is 11.5 Å². The molecule has 0 aliphatic rings. The topological polar surface area (TPSA) is 55.2 Å². The Morgan fingerprint density at radius 1 is 1.33 bits per heavy atom. The van der Waals surface area contributed by atoms with Gasteiger partial charge in [0.2, 0.25) is 0 Å². The van der Waals surface area contributed by atoms with Gasteiger partial charge in [0, 0.05) is 23.7 Å². The lowest BCUT2D eigenvalue weighted by atomic mass is 10.1. The second-order valence-corrected chi connectivity index (χ2v) is 5.32. The first kappa shape index (κ1) is 15.3. The van der Waals surface area contributed by atoms with Crippen LogP contribution in [-0.2, 0) is 12.7 Å². The molecule has 1 aromatic carbocycles. The molecule has 112 valence electrons. The van der Waals surface area contributed by atoms with Crippen molar-refractivity contribution >= 4 is 22.0 Å². The van der Waals surface area contributed by atoms with Gasteiger partial charge in [0.15, 0.2) is 0 Å². The third kappa shape index (κ3) is 3.72. The molecule has 1 N–H and O–H groups in total. The fourth-order valence-electron chi connectivity index (χ4n) is 1.74. The highest BCUT2D eigenvalue weighted by Gasteiger charge is 2.30. The second kappa shape index (κ2) is 5.72. The van der Waals surface area contributed by atoms with Crippen molar-refractivity contribution in [2.75, 3.05) is 5.32 Å². The van der Waals surface area contributed by atoms with Crippen LogP contribution in [0.25, 0.3) is 0 Å². The molecule has 0 atom stereocenters. The smallest absolute Gasteiger partial charge is 0.381 e. The van der Waals surface area contributed by atoms with Gasteiger partial charge in [0.1, 0.15) is 0 Å². The lowest BCUT2D eigenvalue weighted by Crippen LogP contribution is -2.07. The van der Waals surface area contributed by atoms with Gasteiger partial charge in [-0.25, -0.2) is 0 Å². The minimum absolute atomic E-state index is 0.00700. The summed E-state index contributed by atoms with van der Waals surface area (Å²) in [6.45, 7) is 1.92. The van der Waals surface area contributed by atoms with Crippen LogP contribution in [0, 0.1) is 17.0 Å². The molecule has 21 heavy (non-hydrogen) atoms. The molecular weight excluding hydrogens is 305 g/mol. The monoisotopic (exact) mass is 316 g/mol. The number of hydrogen-bond acceptors (Lipinski definition) is 4. The molecule has 0 radical (unpaired) electrons. The molecule has 0 unspecified atom stereocenters. The summed E-state index contributed by atoms with van der Waals surface area (Å²) in [4.78, 5) is 10.1. The maximum Gasteiger partial charge on any atom is 0.416 e. The number of alkyl halides is 3. The average Bonchev–Trinajstić information content (AvgIpc) is 2.85. The zero-order chi connectivity index (χ0) is 15.6. The zero-order valence-electron chi connectivity index (χ0n) is 10.9. The summed E-state index contributed by atoms with van der Waals surface area (Å²) >= 11 is 0.985. The average molecular weight is 316 g/mol. The number of hydrogen-bond donors (Lipinski definition) is 1. The molecule has 0 bridgehead atoms. The van der Waals surface area contributed by atoms with E-state index in [2.05, 4.69) is 5.32 Å². The first-order valence-corrected chi connectivity index (χ1v) is 6.79. The summed E-state index contributed by atoms with van der Waals surface area (Å²) in [6, 6.07) is 4.86. The molecular formula is C13H11F3N2O2S. The van der Waals surface area contributed by atoms with Gasteiger partial charge in [-0.1, -0.05) is 17.4 Å². The SMILES string of the molecule is Cc1ccc(C(F)(F)F)cc1NCc1csc([N+](=O)[O-])c1. The van der Waals surface area contributed by atoms with Crippen molar-refractivity contribution in [1.29, 1.82) is 0 Å². The van der Waals surface area contributed by atoms with Crippen LogP contribution in [0.1, 0.15) is 16.7 Å². The van der Waals surface area contributed by atoms with Crippen molar-refractivity contribution in [2.45, 2.75) is 19.6 Å². The Balaban J connectivity index is 2.13. The van der Waals surface area contributed by atoms with E-state index in [0.717, 1.165) is 23.5 Å². The minimum atomic E-state index is -4.40. The van der Waals surface area contributed by atoms with Gasteiger partial charge >= 0.3 is 11.2 Å². The number of benzene rings is 1. The molecule has 0 aliphatic carbocycles. The summed E-state index contributed by atoms with van der Waals surface area (Å²) in [5, 5.41) is 15.1. The number of thiophene rings is 1. The summed E-state index contributed by atoms with van der Waals surface area (Å²) < 4.78 is 38.0. The third-order valence-electron chi connectivity index (χ3n) is 2.87. The normalized spacial score (nSPS) is 11.4. The first-order chi connectivity index (χ1) is 9.77. The van der Waals surface area contributed by atoms with Crippen molar-refractivity contribution < 1.29 is 18.1 Å². The molecule has 8 heteroatoms. The molecule has 0 saturated carbocycles. The zero-order valence-corrected chi connectivity index (χ0v) is 11.7. The van der Waals surface area contributed by atoms with Gasteiger partial charge < -0.3 is 5.32 Å². The number of nitrogens with one attached hydrogen (secondary N) is 1. The van der Waals surface area contributed by atoms with E-state index in [1.807, 2.05) is 0 Å². The van der Waals surface area contributed by atoms with Gasteiger partial charge in [-0.05, 0) is 30.2 Å². The van der Waals surface area contributed by atoms with E-state index in [4.69, 9.17) is 0 Å². The molecule has 1 aromatic heterocycles. The van der Waals surface area contributed by atoms with Crippen molar-refractivity contribution in [1.82, 2.24) is 0 Å². The summed E-state index contributed by atoms with van der Waals surface area (Å²) in [7, 11) is 0. The Hall–Kier alpha value is -2.09. The summed E-state index contributed by atoms with van der Waals surface area (Å²) in [5.41, 5.74) is 0.960. The Labute approximate surface area is 122 Å². The molecule has 1 heterocycles. The highest BCUT2D eigenvalue weighted by Crippen LogP contribution is 2.32. The van der Waals surface area contributed by atoms with Gasteiger partial charge in [0.05, 0.1) is 10.5 Å². The molecule has 0 saturated heterocycles. The van der Waals surface area contributed by atoms with Crippen LogP contribution in [0.2, 0.25) is 0 Å². The Morgan fingerprint density at radius 2 is 2.05 bits per heavy atom. The van der Waals surface area contributed by atoms with Gasteiger partial charge in [-0.3, -0.25) is 10.1 Å². The highest BCUT2D eigenvalue weighted by molar-refractivity contribution is 7.13. The lowest BCUT2D eigenvalue weighted by molar-refractivity contribution is -0.380. The maximum absolute atomic E-state index is 12.7. The highest BCUT2D eigenvalue weighted by atomic mass is 32.1. The minimum Gasteiger partial charge on any atom is -0.381 e. The van der Waals surface area contributed by atoms with Gasteiger partial charge in [-0.2, -0.15) is 13.2 Å². The van der Waals surface area contributed by atoms with Crippen molar-refractivity contribution in [2.24, 2.45) is 0 Å². The number of halogens is 3. The van der Waals surface area contributed by atoms with E-state index in [1.165, 1.54) is 12.1 Å².